The van der Waals surface area contributed by atoms with Gasteiger partial charge in [0.25, 0.3) is 5.91 Å². The minimum absolute atomic E-state index is 0.0191. The molecule has 1 amide bonds. The summed E-state index contributed by atoms with van der Waals surface area (Å²) in [6.45, 7) is 5.81. The number of aryl methyl sites for hydroxylation is 2. The number of ether oxygens (including phenoxy) is 2. The van der Waals surface area contributed by atoms with Gasteiger partial charge in [-0.2, -0.15) is 0 Å². The fourth-order valence-corrected chi connectivity index (χ4v) is 4.17. The molecular formula is C19H27NO4. The van der Waals surface area contributed by atoms with Crippen LogP contribution in [0.2, 0.25) is 0 Å². The number of amides is 1. The normalized spacial score (nSPS) is 27.3. The minimum Gasteiger partial charge on any atom is -0.496 e. The van der Waals surface area contributed by atoms with Gasteiger partial charge in [0.05, 0.1) is 19.8 Å². The van der Waals surface area contributed by atoms with Crippen LogP contribution in [0.3, 0.4) is 0 Å². The number of carbonyl (C=O) groups excluding carboxylic acids is 1. The summed E-state index contributed by atoms with van der Waals surface area (Å²) in [6, 6.07) is 3.87. The van der Waals surface area contributed by atoms with E-state index in [-0.39, 0.29) is 24.0 Å². The van der Waals surface area contributed by atoms with E-state index < -0.39 is 0 Å². The van der Waals surface area contributed by atoms with Crippen LogP contribution in [0.4, 0.5) is 0 Å². The molecule has 0 aromatic heterocycles. The maximum atomic E-state index is 13.1. The number of likely N-dealkylation sites (tertiary alicyclic amines) is 1. The fraction of sp³-hybridized carbons (Fsp3) is 0.632. The van der Waals surface area contributed by atoms with Crippen LogP contribution in [0.5, 0.6) is 5.75 Å². The molecule has 2 heterocycles. The quantitative estimate of drug-likeness (QED) is 0.922. The molecular weight excluding hydrogens is 306 g/mol. The number of aliphatic hydroxyl groups is 1. The lowest BCUT2D eigenvalue weighted by molar-refractivity contribution is -0.0589. The Morgan fingerprint density at radius 1 is 1.29 bits per heavy atom. The molecule has 3 rings (SSSR count). The van der Waals surface area contributed by atoms with Crippen molar-refractivity contribution in [1.29, 1.82) is 0 Å². The first kappa shape index (κ1) is 17.2. The topological polar surface area (TPSA) is 59.0 Å². The van der Waals surface area contributed by atoms with Gasteiger partial charge >= 0.3 is 0 Å². The Bertz CT molecular complexity index is 592. The van der Waals surface area contributed by atoms with E-state index in [9.17, 15) is 9.90 Å². The molecule has 1 aromatic rings. The first-order chi connectivity index (χ1) is 11.5. The Morgan fingerprint density at radius 3 is 2.62 bits per heavy atom. The van der Waals surface area contributed by atoms with Crippen LogP contribution < -0.4 is 4.74 Å². The van der Waals surface area contributed by atoms with Gasteiger partial charge in [-0.15, -0.1) is 0 Å². The summed E-state index contributed by atoms with van der Waals surface area (Å²) in [6.07, 6.45) is 2.19. The van der Waals surface area contributed by atoms with Crippen molar-refractivity contribution >= 4 is 5.91 Å². The number of methoxy groups -OCH3 is 1. The molecule has 24 heavy (non-hydrogen) atoms. The van der Waals surface area contributed by atoms with Crippen LogP contribution in [-0.4, -0.2) is 54.9 Å². The number of nitrogens with zero attached hydrogens (tertiary/aromatic N) is 1. The van der Waals surface area contributed by atoms with Gasteiger partial charge in [-0.3, -0.25) is 4.79 Å². The summed E-state index contributed by atoms with van der Waals surface area (Å²) in [5.74, 6) is 0.899. The largest absolute Gasteiger partial charge is 0.496 e. The highest BCUT2D eigenvalue weighted by Crippen LogP contribution is 2.32. The third kappa shape index (κ3) is 3.15. The molecule has 2 aliphatic rings. The number of hydrogen-bond donors (Lipinski definition) is 1. The third-order valence-electron chi connectivity index (χ3n) is 5.33. The molecule has 0 unspecified atom stereocenters. The molecule has 1 N–H and O–H groups in total. The molecule has 0 radical (unpaired) electrons. The van der Waals surface area contributed by atoms with Gasteiger partial charge in [0.2, 0.25) is 0 Å². The summed E-state index contributed by atoms with van der Waals surface area (Å²) >= 11 is 0. The van der Waals surface area contributed by atoms with Gasteiger partial charge < -0.3 is 19.5 Å². The Hall–Kier alpha value is -1.59. The standard InChI is InChI=1S/C19H27NO4/c1-12-9-14(10-13(2)18(12)23-3)19(22)20-7-4-5-16(20)15-11-24-8-6-17(15)21/h9-10,15-17,21H,4-8,11H2,1-3H3/t15-,16-,17-/m1/s1. The number of rotatable bonds is 3. The van der Waals surface area contributed by atoms with Gasteiger partial charge in [0.15, 0.2) is 0 Å². The van der Waals surface area contributed by atoms with Gasteiger partial charge in [0, 0.05) is 30.7 Å². The smallest absolute Gasteiger partial charge is 0.254 e. The Balaban J connectivity index is 1.83. The molecule has 2 fully saturated rings. The molecule has 2 saturated heterocycles. The van der Waals surface area contributed by atoms with Crippen molar-refractivity contribution in [3.63, 3.8) is 0 Å². The zero-order valence-electron chi connectivity index (χ0n) is 14.7. The first-order valence-corrected chi connectivity index (χ1v) is 8.75. The van der Waals surface area contributed by atoms with E-state index in [2.05, 4.69) is 0 Å². The second kappa shape index (κ2) is 7.11. The van der Waals surface area contributed by atoms with E-state index in [0.717, 1.165) is 36.3 Å². The van der Waals surface area contributed by atoms with Crippen molar-refractivity contribution < 1.29 is 19.4 Å². The van der Waals surface area contributed by atoms with Crippen LogP contribution in [0.15, 0.2) is 12.1 Å². The third-order valence-corrected chi connectivity index (χ3v) is 5.33. The zero-order chi connectivity index (χ0) is 17.3. The lowest BCUT2D eigenvalue weighted by atomic mass is 9.89. The molecule has 0 aliphatic carbocycles. The second-order valence-corrected chi connectivity index (χ2v) is 6.95. The van der Waals surface area contributed by atoms with Crippen LogP contribution >= 0.6 is 0 Å². The van der Waals surface area contributed by atoms with Gasteiger partial charge in [-0.05, 0) is 56.4 Å². The predicted octanol–water partition coefficient (Wildman–Crippen LogP) is 2.31. The highest BCUT2D eigenvalue weighted by molar-refractivity contribution is 5.95. The summed E-state index contributed by atoms with van der Waals surface area (Å²) in [5.41, 5.74) is 2.64. The molecule has 1 aromatic carbocycles. The predicted molar refractivity (Wildman–Crippen MR) is 91.5 cm³/mol. The van der Waals surface area contributed by atoms with Crippen molar-refractivity contribution in [3.05, 3.63) is 28.8 Å². The van der Waals surface area contributed by atoms with Crippen molar-refractivity contribution in [2.75, 3.05) is 26.9 Å². The minimum atomic E-state index is -0.378. The highest BCUT2D eigenvalue weighted by atomic mass is 16.5. The number of carbonyl (C=O) groups is 1. The van der Waals surface area contributed by atoms with E-state index in [1.807, 2.05) is 30.9 Å². The number of aliphatic hydroxyl groups excluding tert-OH is 1. The monoisotopic (exact) mass is 333 g/mol. The maximum absolute atomic E-state index is 13.1. The Labute approximate surface area is 143 Å². The highest BCUT2D eigenvalue weighted by Gasteiger charge is 2.39. The van der Waals surface area contributed by atoms with Gasteiger partial charge in [-0.25, -0.2) is 0 Å². The lowest BCUT2D eigenvalue weighted by Gasteiger charge is -2.37. The van der Waals surface area contributed by atoms with E-state index in [1.54, 1.807) is 7.11 Å². The SMILES string of the molecule is COc1c(C)cc(C(=O)N2CCC[C@@H]2[C@H]2COCC[C@H]2O)cc1C. The second-order valence-electron chi connectivity index (χ2n) is 6.95. The molecule has 3 atom stereocenters. The first-order valence-electron chi connectivity index (χ1n) is 8.75. The Morgan fingerprint density at radius 2 is 2.00 bits per heavy atom. The van der Waals surface area contributed by atoms with Crippen LogP contribution in [-0.2, 0) is 4.74 Å². The van der Waals surface area contributed by atoms with Crippen molar-refractivity contribution in [2.24, 2.45) is 5.92 Å². The van der Waals surface area contributed by atoms with Crippen molar-refractivity contribution in [3.8, 4) is 5.75 Å². The van der Waals surface area contributed by atoms with E-state index in [0.29, 0.717) is 25.2 Å². The van der Waals surface area contributed by atoms with Crippen LogP contribution in [0.1, 0.15) is 40.7 Å². The number of hydrogen-bond acceptors (Lipinski definition) is 4. The van der Waals surface area contributed by atoms with Crippen molar-refractivity contribution in [2.45, 2.75) is 45.3 Å². The molecule has 0 saturated carbocycles. The van der Waals surface area contributed by atoms with Gasteiger partial charge in [0.1, 0.15) is 5.75 Å². The summed E-state index contributed by atoms with van der Waals surface area (Å²) in [4.78, 5) is 15.0. The Kier molecular flexibility index (Phi) is 5.11. The average Bonchev–Trinajstić information content (AvgIpc) is 3.03. The molecule has 5 heteroatoms. The van der Waals surface area contributed by atoms with E-state index in [4.69, 9.17) is 9.47 Å². The van der Waals surface area contributed by atoms with E-state index in [1.165, 1.54) is 0 Å². The summed E-state index contributed by atoms with van der Waals surface area (Å²) in [5, 5.41) is 10.3. The molecule has 5 nitrogen and oxygen atoms in total. The summed E-state index contributed by atoms with van der Waals surface area (Å²) < 4.78 is 10.9. The molecule has 2 aliphatic heterocycles. The molecule has 0 bridgehead atoms. The number of benzene rings is 1. The molecule has 0 spiro atoms. The fourth-order valence-electron chi connectivity index (χ4n) is 4.17. The van der Waals surface area contributed by atoms with Crippen LogP contribution in [0, 0.1) is 19.8 Å². The van der Waals surface area contributed by atoms with E-state index >= 15 is 0 Å². The average molecular weight is 333 g/mol. The molecule has 132 valence electrons. The van der Waals surface area contributed by atoms with Crippen molar-refractivity contribution in [1.82, 2.24) is 4.90 Å². The summed E-state index contributed by atoms with van der Waals surface area (Å²) in [7, 11) is 1.65. The van der Waals surface area contributed by atoms with Crippen LogP contribution in [0.25, 0.3) is 0 Å². The maximum Gasteiger partial charge on any atom is 0.254 e. The van der Waals surface area contributed by atoms with Gasteiger partial charge in [-0.1, -0.05) is 0 Å². The zero-order valence-corrected chi connectivity index (χ0v) is 14.7. The lowest BCUT2D eigenvalue weighted by Crippen LogP contribution is -2.48.